The average molecular weight is 257 g/mol. The van der Waals surface area contributed by atoms with Crippen molar-refractivity contribution in [3.63, 3.8) is 0 Å². The van der Waals surface area contributed by atoms with Crippen molar-refractivity contribution in [2.75, 3.05) is 6.54 Å². The lowest BCUT2D eigenvalue weighted by Crippen LogP contribution is -2.40. The molecule has 1 saturated carbocycles. The predicted octanol–water partition coefficient (Wildman–Crippen LogP) is 2.74. The van der Waals surface area contributed by atoms with Crippen LogP contribution in [0.1, 0.15) is 46.5 Å². The van der Waals surface area contributed by atoms with Gasteiger partial charge in [-0.25, -0.2) is 0 Å². The van der Waals surface area contributed by atoms with E-state index in [0.29, 0.717) is 11.5 Å². The minimum absolute atomic E-state index is 0. The summed E-state index contributed by atoms with van der Waals surface area (Å²) in [5.41, 5.74) is 6.25. The number of halogens is 2. The molecular weight excluding hydrogens is 231 g/mol. The van der Waals surface area contributed by atoms with Gasteiger partial charge in [0.15, 0.2) is 0 Å². The molecule has 0 unspecified atom stereocenters. The van der Waals surface area contributed by atoms with Gasteiger partial charge in [0.1, 0.15) is 0 Å². The van der Waals surface area contributed by atoms with E-state index in [-0.39, 0.29) is 24.8 Å². The lowest BCUT2D eigenvalue weighted by atomic mass is 9.90. The van der Waals surface area contributed by atoms with Gasteiger partial charge in [-0.1, -0.05) is 20.8 Å². The largest absolute Gasteiger partial charge is 0.328 e. The molecule has 15 heavy (non-hydrogen) atoms. The van der Waals surface area contributed by atoms with Crippen molar-refractivity contribution in [3.05, 3.63) is 0 Å². The molecule has 1 fully saturated rings. The van der Waals surface area contributed by atoms with E-state index in [1.54, 1.807) is 0 Å². The van der Waals surface area contributed by atoms with E-state index in [0.717, 1.165) is 12.6 Å². The molecule has 0 atom stereocenters. The van der Waals surface area contributed by atoms with E-state index < -0.39 is 0 Å². The highest BCUT2D eigenvalue weighted by atomic mass is 35.5. The molecule has 2 nitrogen and oxygen atoms in total. The van der Waals surface area contributed by atoms with Crippen LogP contribution in [0.15, 0.2) is 0 Å². The highest BCUT2D eigenvalue weighted by molar-refractivity contribution is 5.85. The first-order valence-corrected chi connectivity index (χ1v) is 5.46. The van der Waals surface area contributed by atoms with Crippen molar-refractivity contribution in [2.24, 2.45) is 11.1 Å². The van der Waals surface area contributed by atoms with Crippen LogP contribution in [-0.4, -0.2) is 18.6 Å². The topological polar surface area (TPSA) is 38.0 Å². The highest BCUT2D eigenvalue weighted by Crippen LogP contribution is 2.18. The number of hydrogen-bond acceptors (Lipinski definition) is 2. The van der Waals surface area contributed by atoms with Crippen LogP contribution in [-0.2, 0) is 0 Å². The zero-order valence-corrected chi connectivity index (χ0v) is 11.7. The molecule has 0 saturated heterocycles. The van der Waals surface area contributed by atoms with Gasteiger partial charge in [-0.15, -0.1) is 24.8 Å². The van der Waals surface area contributed by atoms with Gasteiger partial charge in [0, 0.05) is 18.6 Å². The Hall–Kier alpha value is 0.500. The monoisotopic (exact) mass is 256 g/mol. The molecule has 0 aromatic heterocycles. The van der Waals surface area contributed by atoms with Gasteiger partial charge in [0.25, 0.3) is 0 Å². The molecule has 1 rings (SSSR count). The Bertz CT molecular complexity index is 149. The molecule has 0 aromatic rings. The summed E-state index contributed by atoms with van der Waals surface area (Å²) in [6, 6.07) is 1.19. The van der Waals surface area contributed by atoms with E-state index in [1.807, 2.05) is 0 Å². The summed E-state index contributed by atoms with van der Waals surface area (Å²) < 4.78 is 0. The van der Waals surface area contributed by atoms with E-state index >= 15 is 0 Å². The maximum absolute atomic E-state index is 5.85. The van der Waals surface area contributed by atoms with Crippen molar-refractivity contribution >= 4 is 24.8 Å². The molecule has 3 N–H and O–H groups in total. The summed E-state index contributed by atoms with van der Waals surface area (Å²) in [6.45, 7) is 7.94. The van der Waals surface area contributed by atoms with Crippen LogP contribution in [0.4, 0.5) is 0 Å². The summed E-state index contributed by atoms with van der Waals surface area (Å²) in [4.78, 5) is 0. The average Bonchev–Trinajstić information content (AvgIpc) is 2.02. The molecule has 1 aliphatic carbocycles. The van der Waals surface area contributed by atoms with Crippen LogP contribution >= 0.6 is 24.8 Å². The lowest BCUT2D eigenvalue weighted by molar-refractivity contribution is 0.294. The minimum Gasteiger partial charge on any atom is -0.328 e. The number of nitrogens with two attached hydrogens (primary N) is 1. The Morgan fingerprint density at radius 1 is 1.07 bits per heavy atom. The third-order valence-electron chi connectivity index (χ3n) is 2.69. The molecule has 0 bridgehead atoms. The molecule has 94 valence electrons. The van der Waals surface area contributed by atoms with Crippen LogP contribution in [0, 0.1) is 5.41 Å². The van der Waals surface area contributed by atoms with Crippen LogP contribution in [0.3, 0.4) is 0 Å². The molecule has 0 radical (unpaired) electrons. The Balaban J connectivity index is 0. The van der Waals surface area contributed by atoms with Crippen molar-refractivity contribution in [1.29, 1.82) is 0 Å². The fourth-order valence-corrected chi connectivity index (χ4v) is 1.77. The van der Waals surface area contributed by atoms with E-state index in [2.05, 4.69) is 26.1 Å². The molecule has 0 spiro atoms. The predicted molar refractivity (Wildman–Crippen MR) is 72.2 cm³/mol. The number of hydrogen-bond donors (Lipinski definition) is 2. The molecule has 0 aromatic carbocycles. The maximum atomic E-state index is 5.85. The van der Waals surface area contributed by atoms with Crippen molar-refractivity contribution in [3.8, 4) is 0 Å². The first kappa shape index (κ1) is 17.9. The highest BCUT2D eigenvalue weighted by Gasteiger charge is 2.19. The van der Waals surface area contributed by atoms with Crippen LogP contribution in [0.2, 0.25) is 0 Å². The zero-order valence-electron chi connectivity index (χ0n) is 10.1. The molecule has 0 aliphatic heterocycles. The summed E-state index contributed by atoms with van der Waals surface area (Å²) in [6.07, 6.45) is 4.91. The van der Waals surface area contributed by atoms with Gasteiger partial charge in [-0.3, -0.25) is 0 Å². The molecule has 4 heteroatoms. The van der Waals surface area contributed by atoms with E-state index in [1.165, 1.54) is 25.7 Å². The second-order valence-corrected chi connectivity index (χ2v) is 5.55. The van der Waals surface area contributed by atoms with Gasteiger partial charge in [-0.2, -0.15) is 0 Å². The Morgan fingerprint density at radius 3 is 1.93 bits per heavy atom. The Kier molecular flexibility index (Phi) is 9.20. The number of nitrogens with one attached hydrogen (secondary N) is 1. The van der Waals surface area contributed by atoms with Crippen molar-refractivity contribution in [1.82, 2.24) is 5.32 Å². The Morgan fingerprint density at radius 2 is 1.53 bits per heavy atom. The van der Waals surface area contributed by atoms with Gasteiger partial charge >= 0.3 is 0 Å². The quantitative estimate of drug-likeness (QED) is 0.798. The fraction of sp³-hybridized carbons (Fsp3) is 1.00. The summed E-state index contributed by atoms with van der Waals surface area (Å²) >= 11 is 0. The van der Waals surface area contributed by atoms with Crippen molar-refractivity contribution < 1.29 is 0 Å². The number of rotatable bonds is 2. The lowest BCUT2D eigenvalue weighted by Gasteiger charge is -2.29. The SMILES string of the molecule is CC(C)(C)CNC1CCC(N)CC1.Cl.Cl. The normalized spacial score (nSPS) is 26.4. The molecule has 1 aliphatic rings. The molecular formula is C11H26Cl2N2. The third kappa shape index (κ3) is 8.32. The van der Waals surface area contributed by atoms with E-state index in [4.69, 9.17) is 5.73 Å². The van der Waals surface area contributed by atoms with Gasteiger partial charge in [0.2, 0.25) is 0 Å². The van der Waals surface area contributed by atoms with Gasteiger partial charge in [0.05, 0.1) is 0 Å². The fourth-order valence-electron chi connectivity index (χ4n) is 1.77. The third-order valence-corrected chi connectivity index (χ3v) is 2.69. The first-order chi connectivity index (χ1) is 5.97. The minimum atomic E-state index is 0. The second kappa shape index (κ2) is 7.72. The smallest absolute Gasteiger partial charge is 0.00684 e. The van der Waals surface area contributed by atoms with Crippen LogP contribution < -0.4 is 11.1 Å². The van der Waals surface area contributed by atoms with Gasteiger partial charge < -0.3 is 11.1 Å². The standard InChI is InChI=1S/C11H24N2.2ClH/c1-11(2,3)8-13-10-6-4-9(12)5-7-10;;/h9-10,13H,4-8,12H2,1-3H3;2*1H. The second-order valence-electron chi connectivity index (χ2n) is 5.55. The molecule has 0 amide bonds. The van der Waals surface area contributed by atoms with Gasteiger partial charge in [-0.05, 0) is 31.1 Å². The van der Waals surface area contributed by atoms with Crippen molar-refractivity contribution in [2.45, 2.75) is 58.5 Å². The zero-order chi connectivity index (χ0) is 9.90. The summed E-state index contributed by atoms with van der Waals surface area (Å²) in [5, 5.41) is 3.63. The summed E-state index contributed by atoms with van der Waals surface area (Å²) in [7, 11) is 0. The van der Waals surface area contributed by atoms with E-state index in [9.17, 15) is 0 Å². The maximum Gasteiger partial charge on any atom is 0.00684 e. The first-order valence-electron chi connectivity index (χ1n) is 5.46. The summed E-state index contributed by atoms with van der Waals surface area (Å²) in [5.74, 6) is 0. The van der Waals surface area contributed by atoms with Crippen LogP contribution in [0.5, 0.6) is 0 Å². The molecule has 0 heterocycles. The van der Waals surface area contributed by atoms with Crippen LogP contribution in [0.25, 0.3) is 0 Å². The Labute approximate surface area is 107 Å².